The van der Waals surface area contributed by atoms with Gasteiger partial charge in [-0.3, -0.25) is 0 Å². The molecule has 114 valence electrons. The second-order valence-electron chi connectivity index (χ2n) is 5.58. The Kier molecular flexibility index (Phi) is 5.45. The molecule has 5 heteroatoms. The van der Waals surface area contributed by atoms with Gasteiger partial charge in [0.2, 0.25) is 0 Å². The summed E-state index contributed by atoms with van der Waals surface area (Å²) >= 11 is 1.65. The molecular formula is C16H23N3OS. The minimum Gasteiger partial charge on any atom is -0.378 e. The van der Waals surface area contributed by atoms with E-state index in [2.05, 4.69) is 60.6 Å². The molecule has 1 N–H and O–H groups in total. The number of ether oxygens (including phenoxy) is 1. The van der Waals surface area contributed by atoms with Gasteiger partial charge in [0.1, 0.15) is 10.0 Å². The van der Waals surface area contributed by atoms with Crippen molar-refractivity contribution in [2.75, 3.05) is 13.7 Å². The quantitative estimate of drug-likeness (QED) is 0.853. The highest BCUT2D eigenvalue weighted by Gasteiger charge is 2.22. The molecule has 0 saturated carbocycles. The standard InChI is InChI=1S/C16H23N3OS/c1-5-17-14(12-9-7-6-8-10-12)15-19-18-13(21-15)11-16(2,3)20-4/h6-10,14,17H,5,11H2,1-4H3. The van der Waals surface area contributed by atoms with Crippen LogP contribution in [0.15, 0.2) is 30.3 Å². The maximum Gasteiger partial charge on any atom is 0.139 e. The van der Waals surface area contributed by atoms with Gasteiger partial charge in [0.05, 0.1) is 11.6 Å². The number of nitrogens with one attached hydrogen (secondary N) is 1. The monoisotopic (exact) mass is 305 g/mol. The van der Waals surface area contributed by atoms with Gasteiger partial charge in [0.15, 0.2) is 0 Å². The van der Waals surface area contributed by atoms with Crippen LogP contribution in [0.1, 0.15) is 42.4 Å². The molecule has 0 fully saturated rings. The van der Waals surface area contributed by atoms with Gasteiger partial charge in [-0.2, -0.15) is 0 Å². The molecular weight excluding hydrogens is 282 g/mol. The van der Waals surface area contributed by atoms with Gasteiger partial charge in [-0.1, -0.05) is 48.6 Å². The summed E-state index contributed by atoms with van der Waals surface area (Å²) in [5, 5.41) is 14.2. The minimum atomic E-state index is -0.211. The summed E-state index contributed by atoms with van der Waals surface area (Å²) in [5.74, 6) is 0. The number of benzene rings is 1. The molecule has 1 aromatic heterocycles. The fraction of sp³-hybridized carbons (Fsp3) is 0.500. The molecule has 0 aliphatic rings. The fourth-order valence-electron chi connectivity index (χ4n) is 2.09. The molecule has 0 saturated heterocycles. The number of hydrogen-bond acceptors (Lipinski definition) is 5. The topological polar surface area (TPSA) is 47.0 Å². The van der Waals surface area contributed by atoms with Crippen molar-refractivity contribution >= 4 is 11.3 Å². The third kappa shape index (κ3) is 4.33. The summed E-state index contributed by atoms with van der Waals surface area (Å²) in [6.07, 6.45) is 0.773. The zero-order valence-corrected chi connectivity index (χ0v) is 13.9. The average Bonchev–Trinajstić information content (AvgIpc) is 2.93. The zero-order valence-electron chi connectivity index (χ0n) is 13.1. The van der Waals surface area contributed by atoms with E-state index in [1.165, 1.54) is 5.56 Å². The van der Waals surface area contributed by atoms with Crippen molar-refractivity contribution in [1.29, 1.82) is 0 Å². The van der Waals surface area contributed by atoms with E-state index in [1.54, 1.807) is 18.4 Å². The number of nitrogens with zero attached hydrogens (tertiary/aromatic N) is 2. The van der Waals surface area contributed by atoms with Gasteiger partial charge < -0.3 is 10.1 Å². The van der Waals surface area contributed by atoms with Crippen LogP contribution in [0.5, 0.6) is 0 Å². The molecule has 1 aromatic carbocycles. The lowest BCUT2D eigenvalue weighted by molar-refractivity contribution is 0.0230. The Bertz CT molecular complexity index is 554. The summed E-state index contributed by atoms with van der Waals surface area (Å²) < 4.78 is 5.47. The first kappa shape index (κ1) is 16.1. The van der Waals surface area contributed by atoms with Crippen LogP contribution < -0.4 is 5.32 Å². The van der Waals surface area contributed by atoms with Gasteiger partial charge >= 0.3 is 0 Å². The van der Waals surface area contributed by atoms with E-state index in [9.17, 15) is 0 Å². The fourth-order valence-corrected chi connectivity index (χ4v) is 3.25. The van der Waals surface area contributed by atoms with E-state index in [1.807, 2.05) is 6.07 Å². The Morgan fingerprint density at radius 3 is 2.57 bits per heavy atom. The molecule has 0 amide bonds. The Balaban J connectivity index is 2.21. The summed E-state index contributed by atoms with van der Waals surface area (Å²) in [6, 6.07) is 10.5. The van der Waals surface area contributed by atoms with E-state index in [0.717, 1.165) is 23.0 Å². The largest absolute Gasteiger partial charge is 0.378 e. The lowest BCUT2D eigenvalue weighted by Crippen LogP contribution is -2.25. The van der Waals surface area contributed by atoms with Crippen LogP contribution in [0, 0.1) is 0 Å². The number of rotatable bonds is 7. The highest BCUT2D eigenvalue weighted by molar-refractivity contribution is 7.11. The first-order valence-electron chi connectivity index (χ1n) is 7.21. The molecule has 1 heterocycles. The van der Waals surface area contributed by atoms with Crippen LogP contribution in [-0.4, -0.2) is 29.5 Å². The van der Waals surface area contributed by atoms with Gasteiger partial charge in [-0.05, 0) is 26.0 Å². The third-order valence-corrected chi connectivity index (χ3v) is 4.39. The first-order valence-corrected chi connectivity index (χ1v) is 8.03. The second kappa shape index (κ2) is 7.11. The lowest BCUT2D eigenvalue weighted by Gasteiger charge is -2.20. The van der Waals surface area contributed by atoms with Crippen LogP contribution in [0.2, 0.25) is 0 Å². The Morgan fingerprint density at radius 1 is 1.24 bits per heavy atom. The van der Waals surface area contributed by atoms with E-state index in [-0.39, 0.29) is 11.6 Å². The van der Waals surface area contributed by atoms with Crippen molar-refractivity contribution < 1.29 is 4.74 Å². The van der Waals surface area contributed by atoms with Crippen LogP contribution >= 0.6 is 11.3 Å². The molecule has 0 radical (unpaired) electrons. The molecule has 0 aliphatic carbocycles. The van der Waals surface area contributed by atoms with Gasteiger partial charge in [0, 0.05) is 13.5 Å². The highest BCUT2D eigenvalue weighted by atomic mass is 32.1. The van der Waals surface area contributed by atoms with Crippen molar-refractivity contribution in [1.82, 2.24) is 15.5 Å². The molecule has 1 unspecified atom stereocenters. The summed E-state index contributed by atoms with van der Waals surface area (Å²) in [6.45, 7) is 7.12. The van der Waals surface area contributed by atoms with Crippen LogP contribution in [-0.2, 0) is 11.2 Å². The van der Waals surface area contributed by atoms with Crippen molar-refractivity contribution in [3.05, 3.63) is 45.9 Å². The average molecular weight is 305 g/mol. The van der Waals surface area contributed by atoms with E-state index in [4.69, 9.17) is 4.74 Å². The number of aromatic nitrogens is 2. The van der Waals surface area contributed by atoms with E-state index < -0.39 is 0 Å². The lowest BCUT2D eigenvalue weighted by atomic mass is 10.1. The predicted molar refractivity (Wildman–Crippen MR) is 86.7 cm³/mol. The van der Waals surface area contributed by atoms with Crippen molar-refractivity contribution in [2.45, 2.75) is 38.8 Å². The molecule has 0 bridgehead atoms. The van der Waals surface area contributed by atoms with Gasteiger partial charge in [-0.15, -0.1) is 10.2 Å². The minimum absolute atomic E-state index is 0.105. The first-order chi connectivity index (χ1) is 10.1. The van der Waals surface area contributed by atoms with E-state index >= 15 is 0 Å². The molecule has 21 heavy (non-hydrogen) atoms. The van der Waals surface area contributed by atoms with Crippen molar-refractivity contribution in [2.24, 2.45) is 0 Å². The smallest absolute Gasteiger partial charge is 0.139 e. The van der Waals surface area contributed by atoms with Crippen LogP contribution in [0.25, 0.3) is 0 Å². The molecule has 2 rings (SSSR count). The molecule has 0 aliphatic heterocycles. The molecule has 2 aromatic rings. The molecule has 0 spiro atoms. The Morgan fingerprint density at radius 2 is 1.95 bits per heavy atom. The Labute approximate surface area is 130 Å². The normalized spacial score (nSPS) is 13.3. The van der Waals surface area contributed by atoms with Crippen LogP contribution in [0.3, 0.4) is 0 Å². The third-order valence-electron chi connectivity index (χ3n) is 3.40. The van der Waals surface area contributed by atoms with Crippen molar-refractivity contribution in [3.63, 3.8) is 0 Å². The second-order valence-corrected chi connectivity index (χ2v) is 6.67. The SMILES string of the molecule is CCNC(c1ccccc1)c1nnc(CC(C)(C)OC)s1. The zero-order chi connectivity index (χ0) is 15.3. The van der Waals surface area contributed by atoms with Crippen molar-refractivity contribution in [3.8, 4) is 0 Å². The van der Waals surface area contributed by atoms with Crippen LogP contribution in [0.4, 0.5) is 0 Å². The molecule has 4 nitrogen and oxygen atoms in total. The number of methoxy groups -OCH3 is 1. The summed E-state index contributed by atoms with van der Waals surface area (Å²) in [5.41, 5.74) is 1.00. The predicted octanol–water partition coefficient (Wildman–Crippen LogP) is 3.20. The molecule has 1 atom stereocenters. The number of hydrogen-bond donors (Lipinski definition) is 1. The van der Waals surface area contributed by atoms with Gasteiger partial charge in [0.25, 0.3) is 0 Å². The van der Waals surface area contributed by atoms with E-state index in [0.29, 0.717) is 0 Å². The maximum atomic E-state index is 5.47. The highest BCUT2D eigenvalue weighted by Crippen LogP contribution is 2.27. The van der Waals surface area contributed by atoms with Gasteiger partial charge in [-0.25, -0.2) is 0 Å². The summed E-state index contributed by atoms with van der Waals surface area (Å²) in [7, 11) is 1.73. The maximum absolute atomic E-state index is 5.47. The Hall–Kier alpha value is -1.30. The summed E-state index contributed by atoms with van der Waals surface area (Å²) in [4.78, 5) is 0.